The minimum Gasteiger partial charge on any atom is -0.315 e. The second-order valence-electron chi connectivity index (χ2n) is 7.00. The van der Waals surface area contributed by atoms with Gasteiger partial charge in [-0.25, -0.2) is 4.39 Å². The number of para-hydroxylation sites is 1. The molecule has 0 spiro atoms. The van der Waals surface area contributed by atoms with E-state index < -0.39 is 0 Å². The fourth-order valence-electron chi connectivity index (χ4n) is 3.22. The maximum atomic E-state index is 13.1. The lowest BCUT2D eigenvalue weighted by atomic mass is 10.2. The molecule has 1 unspecified atom stereocenters. The Balaban J connectivity index is 1.59. The van der Waals surface area contributed by atoms with Gasteiger partial charge >= 0.3 is 0 Å². The van der Waals surface area contributed by atoms with E-state index in [4.69, 9.17) is 17.3 Å². The highest BCUT2D eigenvalue weighted by atomic mass is 32.1. The van der Waals surface area contributed by atoms with E-state index in [0.717, 1.165) is 28.4 Å². The third-order valence-electron chi connectivity index (χ3n) is 4.66. The summed E-state index contributed by atoms with van der Waals surface area (Å²) in [6.07, 6.45) is 2.35. The molecule has 1 heterocycles. The molecule has 1 aliphatic carbocycles. The Hall–Kier alpha value is -2.31. The summed E-state index contributed by atoms with van der Waals surface area (Å²) < 4.78 is 17.8. The Bertz CT molecular complexity index is 942. The zero-order valence-corrected chi connectivity index (χ0v) is 15.5. The number of aromatic nitrogens is 3. The molecule has 2 aromatic carbocycles. The summed E-state index contributed by atoms with van der Waals surface area (Å²) in [4.78, 5) is 1.24. The Morgan fingerprint density at radius 1 is 1.12 bits per heavy atom. The lowest BCUT2D eigenvalue weighted by Gasteiger charge is -2.13. The highest BCUT2D eigenvalue weighted by Crippen LogP contribution is 2.40. The molecule has 1 N–H and O–H groups in total. The summed E-state index contributed by atoms with van der Waals surface area (Å²) in [5, 5.41) is 4.84. The third-order valence-corrected chi connectivity index (χ3v) is 5.05. The largest absolute Gasteiger partial charge is 0.315 e. The van der Waals surface area contributed by atoms with Crippen molar-refractivity contribution < 1.29 is 9.29 Å². The second-order valence-corrected chi connectivity index (χ2v) is 7.37. The maximum absolute atomic E-state index is 13.1. The number of rotatable bonds is 6. The Morgan fingerprint density at radius 2 is 1.81 bits per heavy atom. The first-order chi connectivity index (χ1) is 12.6. The van der Waals surface area contributed by atoms with Crippen LogP contribution in [0.5, 0.6) is 0 Å². The molecular formula is C20H22FN4S+. The van der Waals surface area contributed by atoms with Crippen LogP contribution in [-0.2, 0) is 13.2 Å². The van der Waals surface area contributed by atoms with Crippen LogP contribution in [-0.4, -0.2) is 21.4 Å². The molecule has 1 saturated carbocycles. The lowest BCUT2D eigenvalue weighted by Crippen LogP contribution is -3.07. The summed E-state index contributed by atoms with van der Waals surface area (Å²) in [6.45, 7) is 1.47. The van der Waals surface area contributed by atoms with Crippen molar-refractivity contribution in [3.63, 3.8) is 0 Å². The van der Waals surface area contributed by atoms with Gasteiger partial charge in [0.1, 0.15) is 18.2 Å². The standard InChI is InChI=1S/C20H21FN4S/c1-23(13-15-7-11-17(21)12-8-15)14-24-20(26)25(18-5-3-2-4-6-18)19(22-24)16-9-10-16/h2-8,11-12,16H,9-10,13-14H2,1H3/p+1. The molecule has 1 atom stereocenters. The molecule has 0 aliphatic heterocycles. The molecule has 0 radical (unpaired) electrons. The zero-order chi connectivity index (χ0) is 18.1. The van der Waals surface area contributed by atoms with Gasteiger partial charge in [0.15, 0.2) is 6.67 Å². The highest BCUT2D eigenvalue weighted by Gasteiger charge is 2.31. The number of quaternary nitrogens is 1. The van der Waals surface area contributed by atoms with Gasteiger partial charge < -0.3 is 4.90 Å². The number of nitrogens with zero attached hydrogens (tertiary/aromatic N) is 3. The third kappa shape index (κ3) is 3.61. The predicted molar refractivity (Wildman–Crippen MR) is 101 cm³/mol. The Morgan fingerprint density at radius 3 is 2.46 bits per heavy atom. The van der Waals surface area contributed by atoms with E-state index in [2.05, 4.69) is 23.7 Å². The summed E-state index contributed by atoms with van der Waals surface area (Å²) in [7, 11) is 2.10. The summed E-state index contributed by atoms with van der Waals surface area (Å²) in [5.41, 5.74) is 2.17. The van der Waals surface area contributed by atoms with Crippen molar-refractivity contribution in [1.29, 1.82) is 0 Å². The summed E-state index contributed by atoms with van der Waals surface area (Å²) >= 11 is 5.74. The van der Waals surface area contributed by atoms with Gasteiger partial charge in [0.05, 0.1) is 7.05 Å². The van der Waals surface area contributed by atoms with Crippen molar-refractivity contribution in [2.24, 2.45) is 0 Å². The molecule has 3 aromatic rings. The average Bonchev–Trinajstić information content (AvgIpc) is 3.43. The molecule has 1 aromatic heterocycles. The first-order valence-corrected chi connectivity index (χ1v) is 9.33. The quantitative estimate of drug-likeness (QED) is 0.676. The monoisotopic (exact) mass is 369 g/mol. The minimum absolute atomic E-state index is 0.204. The molecular weight excluding hydrogens is 347 g/mol. The van der Waals surface area contributed by atoms with Crippen molar-refractivity contribution in [1.82, 2.24) is 14.3 Å². The minimum atomic E-state index is -0.204. The van der Waals surface area contributed by atoms with Crippen LogP contribution in [0.2, 0.25) is 0 Å². The lowest BCUT2D eigenvalue weighted by molar-refractivity contribution is -0.917. The molecule has 1 aliphatic rings. The number of halogens is 1. The van der Waals surface area contributed by atoms with Gasteiger partial charge in [-0.3, -0.25) is 4.57 Å². The van der Waals surface area contributed by atoms with Crippen LogP contribution in [0.4, 0.5) is 4.39 Å². The average molecular weight is 369 g/mol. The van der Waals surface area contributed by atoms with Gasteiger partial charge in [-0.15, -0.1) is 0 Å². The fourth-order valence-corrected chi connectivity index (χ4v) is 3.52. The molecule has 26 heavy (non-hydrogen) atoms. The molecule has 0 saturated heterocycles. The van der Waals surface area contributed by atoms with Gasteiger partial charge in [0.2, 0.25) is 4.77 Å². The van der Waals surface area contributed by atoms with Crippen LogP contribution >= 0.6 is 12.2 Å². The van der Waals surface area contributed by atoms with E-state index in [0.29, 0.717) is 12.6 Å². The fraction of sp³-hybridized carbons (Fsp3) is 0.300. The van der Waals surface area contributed by atoms with E-state index >= 15 is 0 Å². The summed E-state index contributed by atoms with van der Waals surface area (Å²) in [6, 6.07) is 16.9. The van der Waals surface area contributed by atoms with Crippen LogP contribution in [0, 0.1) is 10.6 Å². The van der Waals surface area contributed by atoms with Crippen LogP contribution in [0.3, 0.4) is 0 Å². The molecule has 1 fully saturated rings. The van der Waals surface area contributed by atoms with Crippen molar-refractivity contribution in [3.05, 3.63) is 76.6 Å². The highest BCUT2D eigenvalue weighted by molar-refractivity contribution is 7.71. The second kappa shape index (κ2) is 7.13. The number of benzene rings is 2. The van der Waals surface area contributed by atoms with Gasteiger partial charge in [0, 0.05) is 17.2 Å². The number of hydrogen-bond acceptors (Lipinski definition) is 2. The van der Waals surface area contributed by atoms with Crippen LogP contribution in [0.15, 0.2) is 54.6 Å². The smallest absolute Gasteiger partial charge is 0.207 e. The van der Waals surface area contributed by atoms with Gasteiger partial charge in [-0.1, -0.05) is 30.3 Å². The molecule has 4 nitrogen and oxygen atoms in total. The summed E-state index contributed by atoms with van der Waals surface area (Å²) in [5.74, 6) is 1.37. The van der Waals surface area contributed by atoms with E-state index in [-0.39, 0.29) is 5.82 Å². The van der Waals surface area contributed by atoms with Gasteiger partial charge in [-0.05, 0) is 49.3 Å². The molecule has 134 valence electrons. The van der Waals surface area contributed by atoms with Crippen LogP contribution in [0.25, 0.3) is 5.69 Å². The van der Waals surface area contributed by atoms with Crippen molar-refractivity contribution in [2.45, 2.75) is 32.0 Å². The van der Waals surface area contributed by atoms with Crippen molar-refractivity contribution in [2.75, 3.05) is 7.05 Å². The van der Waals surface area contributed by atoms with Gasteiger partial charge in [0.25, 0.3) is 0 Å². The van der Waals surface area contributed by atoms with E-state index in [1.165, 1.54) is 29.9 Å². The van der Waals surface area contributed by atoms with Crippen LogP contribution < -0.4 is 4.90 Å². The Kier molecular flexibility index (Phi) is 4.70. The Labute approximate surface area is 157 Å². The van der Waals surface area contributed by atoms with Crippen LogP contribution in [0.1, 0.15) is 30.1 Å². The molecule has 0 bridgehead atoms. The first-order valence-electron chi connectivity index (χ1n) is 8.93. The van der Waals surface area contributed by atoms with E-state index in [1.807, 2.05) is 35.0 Å². The normalized spacial score (nSPS) is 15.2. The topological polar surface area (TPSA) is 27.2 Å². The zero-order valence-electron chi connectivity index (χ0n) is 14.7. The number of hydrogen-bond donors (Lipinski definition) is 1. The molecule has 6 heteroatoms. The van der Waals surface area contributed by atoms with E-state index in [9.17, 15) is 4.39 Å². The van der Waals surface area contributed by atoms with Gasteiger partial charge in [-0.2, -0.15) is 9.78 Å². The van der Waals surface area contributed by atoms with E-state index in [1.54, 1.807) is 0 Å². The molecule has 0 amide bonds. The SMILES string of the molecule is C[NH+](Cc1ccc(F)cc1)Cn1nc(C2CC2)n(-c2ccccc2)c1=S. The predicted octanol–water partition coefficient (Wildman–Crippen LogP) is 3.09. The molecule has 4 rings (SSSR count). The maximum Gasteiger partial charge on any atom is 0.207 e. The van der Waals surface area contributed by atoms with Crippen molar-refractivity contribution in [3.8, 4) is 5.69 Å². The van der Waals surface area contributed by atoms with Crippen molar-refractivity contribution >= 4 is 12.2 Å². The number of nitrogens with one attached hydrogen (secondary N) is 1. The first kappa shape index (κ1) is 17.1.